The van der Waals surface area contributed by atoms with Gasteiger partial charge in [-0.3, -0.25) is 4.79 Å². The molecule has 0 saturated heterocycles. The summed E-state index contributed by atoms with van der Waals surface area (Å²) >= 11 is 1.27. The van der Waals surface area contributed by atoms with Crippen molar-refractivity contribution in [3.05, 3.63) is 40.9 Å². The molecule has 1 aromatic heterocycles. The van der Waals surface area contributed by atoms with E-state index in [1.807, 2.05) is 30.3 Å². The van der Waals surface area contributed by atoms with Crippen LogP contribution in [0.1, 0.15) is 15.4 Å². The molecule has 1 heterocycles. The summed E-state index contributed by atoms with van der Waals surface area (Å²) in [5, 5.41) is 0.763. The third-order valence-electron chi connectivity index (χ3n) is 2.83. The average molecular weight is 304 g/mol. The number of carbonyl (C=O) groups is 2. The van der Waals surface area contributed by atoms with Crippen LogP contribution in [0.3, 0.4) is 0 Å². The molecule has 0 aliphatic carbocycles. The summed E-state index contributed by atoms with van der Waals surface area (Å²) in [5.41, 5.74) is 1.56. The minimum absolute atomic E-state index is 0.256. The van der Waals surface area contributed by atoms with E-state index in [2.05, 4.69) is 4.98 Å². The number of aromatic nitrogens is 1. The highest BCUT2D eigenvalue weighted by Crippen LogP contribution is 2.28. The van der Waals surface area contributed by atoms with Crippen molar-refractivity contribution in [3.8, 4) is 10.6 Å². The maximum atomic E-state index is 12.0. The molecule has 0 N–H and O–H groups in total. The summed E-state index contributed by atoms with van der Waals surface area (Å²) in [6.45, 7) is 1.50. The van der Waals surface area contributed by atoms with Crippen molar-refractivity contribution in [1.29, 1.82) is 0 Å². The van der Waals surface area contributed by atoms with Crippen LogP contribution in [0.15, 0.2) is 30.3 Å². The van der Waals surface area contributed by atoms with E-state index in [1.165, 1.54) is 16.2 Å². The van der Waals surface area contributed by atoms with Gasteiger partial charge >= 0.3 is 5.97 Å². The molecule has 2 rings (SSSR count). The minimum atomic E-state index is -0.512. The molecule has 5 nitrogen and oxygen atoms in total. The Hall–Kier alpha value is -2.21. The summed E-state index contributed by atoms with van der Waals surface area (Å²) in [5.74, 6) is -0.767. The van der Waals surface area contributed by atoms with Gasteiger partial charge in [0.15, 0.2) is 6.61 Å². The quantitative estimate of drug-likeness (QED) is 0.814. The number of aryl methyl sites for hydroxylation is 1. The van der Waals surface area contributed by atoms with Crippen LogP contribution >= 0.6 is 11.3 Å². The van der Waals surface area contributed by atoms with Gasteiger partial charge in [-0.1, -0.05) is 30.3 Å². The van der Waals surface area contributed by atoms with Crippen molar-refractivity contribution in [1.82, 2.24) is 9.88 Å². The predicted molar refractivity (Wildman–Crippen MR) is 81.3 cm³/mol. The van der Waals surface area contributed by atoms with Gasteiger partial charge in [-0.05, 0) is 6.92 Å². The molecule has 0 aliphatic rings. The summed E-state index contributed by atoms with van der Waals surface area (Å²) in [6, 6.07) is 9.62. The molecule has 0 saturated carbocycles. The van der Waals surface area contributed by atoms with Gasteiger partial charge in [0.25, 0.3) is 5.91 Å². The van der Waals surface area contributed by atoms with Gasteiger partial charge in [0.05, 0.1) is 5.69 Å². The second-order valence-corrected chi connectivity index (χ2v) is 5.66. The van der Waals surface area contributed by atoms with E-state index in [-0.39, 0.29) is 12.5 Å². The Labute approximate surface area is 127 Å². The monoisotopic (exact) mass is 304 g/mol. The van der Waals surface area contributed by atoms with Crippen molar-refractivity contribution in [2.24, 2.45) is 0 Å². The van der Waals surface area contributed by atoms with Crippen molar-refractivity contribution < 1.29 is 14.3 Å². The van der Waals surface area contributed by atoms with E-state index < -0.39 is 5.97 Å². The maximum absolute atomic E-state index is 12.0. The third kappa shape index (κ3) is 3.66. The largest absolute Gasteiger partial charge is 0.451 e. The number of benzene rings is 1. The lowest BCUT2D eigenvalue weighted by Crippen LogP contribution is -2.27. The van der Waals surface area contributed by atoms with Crippen LogP contribution in [0.2, 0.25) is 0 Å². The summed E-state index contributed by atoms with van der Waals surface area (Å²) in [4.78, 5) is 29.6. The van der Waals surface area contributed by atoms with Gasteiger partial charge in [-0.25, -0.2) is 9.78 Å². The Morgan fingerprint density at radius 2 is 1.90 bits per heavy atom. The fourth-order valence-corrected chi connectivity index (χ4v) is 2.58. The third-order valence-corrected chi connectivity index (χ3v) is 4.01. The minimum Gasteiger partial charge on any atom is -0.451 e. The topological polar surface area (TPSA) is 59.5 Å². The van der Waals surface area contributed by atoms with Crippen LogP contribution in [-0.4, -0.2) is 42.5 Å². The Balaban J connectivity index is 2.12. The fourth-order valence-electron chi connectivity index (χ4n) is 1.61. The molecule has 0 unspecified atom stereocenters. The van der Waals surface area contributed by atoms with E-state index in [0.29, 0.717) is 10.6 Å². The highest BCUT2D eigenvalue weighted by molar-refractivity contribution is 7.17. The van der Waals surface area contributed by atoms with Crippen molar-refractivity contribution in [3.63, 3.8) is 0 Å². The first-order chi connectivity index (χ1) is 9.99. The molecule has 0 bridgehead atoms. The number of thiazole rings is 1. The summed E-state index contributed by atoms with van der Waals surface area (Å²) in [7, 11) is 3.23. The first-order valence-electron chi connectivity index (χ1n) is 6.39. The first-order valence-corrected chi connectivity index (χ1v) is 7.21. The number of esters is 1. The molecule has 0 atom stereocenters. The van der Waals surface area contributed by atoms with E-state index in [1.54, 1.807) is 21.0 Å². The number of nitrogens with zero attached hydrogens (tertiary/aromatic N) is 2. The molecule has 0 aliphatic heterocycles. The molecule has 21 heavy (non-hydrogen) atoms. The van der Waals surface area contributed by atoms with Crippen molar-refractivity contribution in [2.75, 3.05) is 20.7 Å². The molecule has 6 heteroatoms. The molecule has 2 aromatic rings. The molecule has 0 radical (unpaired) electrons. The second kappa shape index (κ2) is 6.49. The van der Waals surface area contributed by atoms with Gasteiger partial charge in [0.2, 0.25) is 0 Å². The SMILES string of the molecule is Cc1nc(-c2ccccc2)sc1C(=O)OCC(=O)N(C)C. The van der Waals surface area contributed by atoms with E-state index >= 15 is 0 Å². The molecule has 1 aromatic carbocycles. The number of likely N-dealkylation sites (N-methyl/N-ethyl adjacent to an activating group) is 1. The number of hydrogen-bond donors (Lipinski definition) is 0. The molecule has 0 fully saturated rings. The van der Waals surface area contributed by atoms with E-state index in [4.69, 9.17) is 4.74 Å². The summed E-state index contributed by atoms with van der Waals surface area (Å²) in [6.07, 6.45) is 0. The zero-order valence-electron chi connectivity index (χ0n) is 12.1. The molecule has 1 amide bonds. The highest BCUT2D eigenvalue weighted by atomic mass is 32.1. The molecule has 0 spiro atoms. The van der Waals surface area contributed by atoms with Gasteiger partial charge < -0.3 is 9.64 Å². The second-order valence-electron chi connectivity index (χ2n) is 4.66. The summed E-state index contributed by atoms with van der Waals surface area (Å²) < 4.78 is 5.02. The molecule has 110 valence electrons. The molecular formula is C15H16N2O3S. The van der Waals surface area contributed by atoms with Crippen molar-refractivity contribution >= 4 is 23.2 Å². The predicted octanol–water partition coefficient (Wildman–Crippen LogP) is 2.36. The Morgan fingerprint density at radius 3 is 2.52 bits per heavy atom. The van der Waals surface area contributed by atoms with Crippen LogP contribution in [0.5, 0.6) is 0 Å². The van der Waals surface area contributed by atoms with Gasteiger partial charge in [0.1, 0.15) is 9.88 Å². The van der Waals surface area contributed by atoms with E-state index in [9.17, 15) is 9.59 Å². The standard InChI is InChI=1S/C15H16N2O3S/c1-10-13(15(19)20-9-12(18)17(2)3)21-14(16-10)11-7-5-4-6-8-11/h4-8H,9H2,1-3H3. The lowest BCUT2D eigenvalue weighted by Gasteiger charge is -2.09. The normalized spacial score (nSPS) is 10.2. The van der Waals surface area contributed by atoms with Gasteiger partial charge in [-0.15, -0.1) is 11.3 Å². The van der Waals surface area contributed by atoms with Crippen LogP contribution in [0.4, 0.5) is 0 Å². The number of carbonyl (C=O) groups excluding carboxylic acids is 2. The number of ether oxygens (including phenoxy) is 1. The van der Waals surface area contributed by atoms with E-state index in [0.717, 1.165) is 10.6 Å². The van der Waals surface area contributed by atoms with Crippen LogP contribution in [0, 0.1) is 6.92 Å². The van der Waals surface area contributed by atoms with Crippen LogP contribution < -0.4 is 0 Å². The number of rotatable bonds is 4. The average Bonchev–Trinajstić information content (AvgIpc) is 2.87. The van der Waals surface area contributed by atoms with Crippen LogP contribution in [0.25, 0.3) is 10.6 Å². The Bertz CT molecular complexity index is 650. The zero-order chi connectivity index (χ0) is 15.4. The smallest absolute Gasteiger partial charge is 0.350 e. The number of hydrogen-bond acceptors (Lipinski definition) is 5. The fraction of sp³-hybridized carbons (Fsp3) is 0.267. The lowest BCUT2D eigenvalue weighted by molar-refractivity contribution is -0.131. The van der Waals surface area contributed by atoms with Crippen molar-refractivity contribution in [2.45, 2.75) is 6.92 Å². The van der Waals surface area contributed by atoms with Crippen LogP contribution in [-0.2, 0) is 9.53 Å². The zero-order valence-corrected chi connectivity index (χ0v) is 12.9. The van der Waals surface area contributed by atoms with Gasteiger partial charge in [0, 0.05) is 19.7 Å². The maximum Gasteiger partial charge on any atom is 0.350 e. The lowest BCUT2D eigenvalue weighted by atomic mass is 10.2. The Morgan fingerprint density at radius 1 is 1.24 bits per heavy atom. The van der Waals surface area contributed by atoms with Gasteiger partial charge in [-0.2, -0.15) is 0 Å². The molecular weight excluding hydrogens is 288 g/mol. The number of amides is 1. The Kier molecular flexibility index (Phi) is 4.70. The highest BCUT2D eigenvalue weighted by Gasteiger charge is 2.18. The first kappa shape index (κ1) is 15.2.